The molecule has 0 aliphatic carbocycles. The number of rotatable bonds is 4. The van der Waals surface area contributed by atoms with E-state index in [2.05, 4.69) is 67.7 Å². The molecule has 0 fully saturated rings. The van der Waals surface area contributed by atoms with Crippen LogP contribution in [0.5, 0.6) is 0 Å². The van der Waals surface area contributed by atoms with E-state index < -0.39 is 0 Å². The Morgan fingerprint density at radius 1 is 1.00 bits per heavy atom. The molecule has 2 heteroatoms. The summed E-state index contributed by atoms with van der Waals surface area (Å²) in [6.07, 6.45) is 0. The minimum atomic E-state index is 0. The van der Waals surface area contributed by atoms with Gasteiger partial charge < -0.3 is 35.1 Å². The first-order valence-corrected chi connectivity index (χ1v) is 5.46. The summed E-state index contributed by atoms with van der Waals surface area (Å²) in [6, 6.07) is 17.8. The van der Waals surface area contributed by atoms with E-state index in [1.165, 1.54) is 11.1 Å². The second kappa shape index (κ2) is 6.05. The molecule has 0 aromatic heterocycles. The largest absolute Gasteiger partial charge is 0.748 e. The molecule has 2 atom stereocenters. The maximum atomic E-state index is 3.58. The third kappa shape index (κ3) is 3.08. The normalized spacial score (nSPS) is 14.1. The van der Waals surface area contributed by atoms with E-state index in [0.717, 1.165) is 0 Å². The molecule has 2 rings (SSSR count). The topological polar surface area (TPSA) is 12.0 Å². The fourth-order valence-corrected chi connectivity index (χ4v) is 1.92. The maximum absolute atomic E-state index is 3.58. The third-order valence-corrected chi connectivity index (χ3v) is 2.88. The van der Waals surface area contributed by atoms with E-state index in [-0.39, 0.29) is 17.1 Å². The van der Waals surface area contributed by atoms with Crippen LogP contribution in [0, 0.1) is 0 Å². The van der Waals surface area contributed by atoms with E-state index in [1.54, 1.807) is 0 Å². The van der Waals surface area contributed by atoms with Crippen LogP contribution >= 0.6 is 0 Å². The van der Waals surface area contributed by atoms with Gasteiger partial charge in [-0.25, -0.2) is 12.1 Å². The Morgan fingerprint density at radius 3 is 2.12 bits per heavy atom. The van der Waals surface area contributed by atoms with Gasteiger partial charge in [-0.1, -0.05) is 13.8 Å². The van der Waals surface area contributed by atoms with Gasteiger partial charge in [-0.2, -0.15) is 18.2 Å². The molecule has 0 saturated heterocycles. The summed E-state index contributed by atoms with van der Waals surface area (Å²) >= 11 is 0. The van der Waals surface area contributed by atoms with Crippen LogP contribution < -0.4 is 5.32 Å². The molecule has 0 amide bonds. The summed E-state index contributed by atoms with van der Waals surface area (Å²) in [6.45, 7) is 4.41. The summed E-state index contributed by atoms with van der Waals surface area (Å²) in [5, 5.41) is 3.58. The van der Waals surface area contributed by atoms with Crippen LogP contribution in [0.1, 0.15) is 37.1 Å². The molecule has 2 aromatic carbocycles. The van der Waals surface area contributed by atoms with Gasteiger partial charge >= 0.3 is 0 Å². The Balaban J connectivity index is 0.00000128. The molecule has 0 aliphatic rings. The van der Waals surface area contributed by atoms with E-state index in [0.29, 0.717) is 12.1 Å². The first-order chi connectivity index (χ1) is 7.27. The molecular formula is C14H17FeN-6. The molecule has 1 nitrogen and oxygen atoms in total. The summed E-state index contributed by atoms with van der Waals surface area (Å²) in [5.41, 5.74) is 2.71. The Labute approximate surface area is 108 Å². The zero-order valence-corrected chi connectivity index (χ0v) is 10.7. The summed E-state index contributed by atoms with van der Waals surface area (Å²) in [4.78, 5) is 0. The van der Waals surface area contributed by atoms with Crippen molar-refractivity contribution in [2.75, 3.05) is 0 Å². The standard InChI is InChI=1S/C14H17N.Fe/c1-11(13-7-3-4-8-13)15-12(2)14-9-5-6-10-14;/h3-12,15H,1-2H3;/q-6;. The molecule has 0 bridgehead atoms. The van der Waals surface area contributed by atoms with Gasteiger partial charge in [-0.3, -0.25) is 0 Å². The van der Waals surface area contributed by atoms with Crippen LogP contribution in [-0.4, -0.2) is 0 Å². The second-order valence-electron chi connectivity index (χ2n) is 4.05. The van der Waals surface area contributed by atoms with Crippen molar-refractivity contribution in [1.29, 1.82) is 0 Å². The summed E-state index contributed by atoms with van der Waals surface area (Å²) < 4.78 is 0. The Hall–Kier alpha value is -0.821. The van der Waals surface area contributed by atoms with Crippen molar-refractivity contribution < 1.29 is 17.1 Å². The third-order valence-electron chi connectivity index (χ3n) is 2.88. The van der Waals surface area contributed by atoms with E-state index in [9.17, 15) is 0 Å². The van der Waals surface area contributed by atoms with E-state index >= 15 is 0 Å². The predicted molar refractivity (Wildman–Crippen MR) is 64.0 cm³/mol. The summed E-state index contributed by atoms with van der Waals surface area (Å²) in [5.74, 6) is 0. The van der Waals surface area contributed by atoms with Crippen LogP contribution in [0.4, 0.5) is 0 Å². The fourth-order valence-electron chi connectivity index (χ4n) is 1.92. The van der Waals surface area contributed by atoms with Crippen molar-refractivity contribution >= 4 is 0 Å². The van der Waals surface area contributed by atoms with Crippen molar-refractivity contribution in [3.8, 4) is 0 Å². The molecule has 1 N–H and O–H groups in total. The maximum Gasteiger partial charge on any atom is 0 e. The number of hydrogen-bond donors (Lipinski definition) is 1. The second-order valence-corrected chi connectivity index (χ2v) is 4.05. The fraction of sp³-hybridized carbons (Fsp3) is 0.286. The Kier molecular flexibility index (Phi) is 5.01. The molecule has 2 aromatic rings. The zero-order valence-electron chi connectivity index (χ0n) is 9.63. The number of hydrogen-bond acceptors (Lipinski definition) is 1. The predicted octanol–water partition coefficient (Wildman–Crippen LogP) is 3.53. The van der Waals surface area contributed by atoms with Crippen LogP contribution in [0.15, 0.2) is 48.5 Å². The van der Waals surface area contributed by atoms with Crippen molar-refractivity contribution in [2.24, 2.45) is 0 Å². The zero-order chi connectivity index (χ0) is 10.7. The van der Waals surface area contributed by atoms with Gasteiger partial charge in [0.15, 0.2) is 0 Å². The molecule has 92 valence electrons. The van der Waals surface area contributed by atoms with Crippen LogP contribution in [0.3, 0.4) is 0 Å². The van der Waals surface area contributed by atoms with Gasteiger partial charge in [0, 0.05) is 17.1 Å². The molecule has 0 saturated carbocycles. The molecule has 16 heavy (non-hydrogen) atoms. The number of nitrogens with one attached hydrogen (secondary N) is 1. The van der Waals surface area contributed by atoms with Crippen molar-refractivity contribution in [3.63, 3.8) is 0 Å². The smallest absolute Gasteiger partial charge is 0 e. The van der Waals surface area contributed by atoms with Crippen LogP contribution in [-0.2, 0) is 17.1 Å². The Morgan fingerprint density at radius 2 is 1.56 bits per heavy atom. The quantitative estimate of drug-likeness (QED) is 0.651. The van der Waals surface area contributed by atoms with Crippen molar-refractivity contribution in [3.05, 3.63) is 59.7 Å². The first kappa shape index (κ1) is 13.2. The minimum absolute atomic E-state index is 0. The van der Waals surface area contributed by atoms with Gasteiger partial charge in [0.05, 0.1) is 0 Å². The van der Waals surface area contributed by atoms with Crippen LogP contribution in [0.2, 0.25) is 0 Å². The van der Waals surface area contributed by atoms with Crippen molar-refractivity contribution in [1.82, 2.24) is 5.32 Å². The monoisotopic (exact) mass is 255 g/mol. The molecule has 0 spiro atoms. The van der Waals surface area contributed by atoms with Gasteiger partial charge in [-0.15, -0.1) is 5.56 Å². The molecule has 0 radical (unpaired) electrons. The van der Waals surface area contributed by atoms with E-state index in [1.807, 2.05) is 0 Å². The average molecular weight is 255 g/mol. The molecule has 0 heterocycles. The van der Waals surface area contributed by atoms with Gasteiger partial charge in [0.25, 0.3) is 0 Å². The molecular weight excluding hydrogens is 238 g/mol. The van der Waals surface area contributed by atoms with Crippen molar-refractivity contribution in [2.45, 2.75) is 25.9 Å². The van der Waals surface area contributed by atoms with Gasteiger partial charge in [0.2, 0.25) is 0 Å². The summed E-state index contributed by atoms with van der Waals surface area (Å²) in [7, 11) is 0. The van der Waals surface area contributed by atoms with E-state index in [4.69, 9.17) is 0 Å². The SMILES string of the molecule is CC(NC(C)[c-]1[cH-][cH-][cH-][cH-]1)[c-]1cccc1.[Fe]. The average Bonchev–Trinajstić information content (AvgIpc) is 2.91. The first-order valence-electron chi connectivity index (χ1n) is 5.46. The van der Waals surface area contributed by atoms with Crippen LogP contribution in [0.25, 0.3) is 0 Å². The molecule has 0 aliphatic heterocycles. The minimum Gasteiger partial charge on any atom is -0.748 e. The molecule has 2 unspecified atom stereocenters. The Bertz CT molecular complexity index is 337. The van der Waals surface area contributed by atoms with Gasteiger partial charge in [-0.05, 0) is 6.04 Å². The van der Waals surface area contributed by atoms with Gasteiger partial charge in [0.1, 0.15) is 0 Å².